The standard InChI is InChI=1S/C12H17ClN2O4S/c1-15(7-3-4-12(16)19-2)20(17,18)11-8-9(13)5-6-10(11)14/h5-6,8H,3-4,7,14H2,1-2H3. The molecule has 0 saturated carbocycles. The summed E-state index contributed by atoms with van der Waals surface area (Å²) < 4.78 is 30.3. The Bertz CT molecular complexity index is 589. The van der Waals surface area contributed by atoms with E-state index in [-0.39, 0.29) is 29.5 Å². The average molecular weight is 321 g/mol. The maximum absolute atomic E-state index is 12.3. The fourth-order valence-corrected chi connectivity index (χ4v) is 3.15. The van der Waals surface area contributed by atoms with Gasteiger partial charge in [0.1, 0.15) is 4.90 Å². The van der Waals surface area contributed by atoms with Gasteiger partial charge >= 0.3 is 5.97 Å². The molecule has 1 aromatic rings. The minimum Gasteiger partial charge on any atom is -0.469 e. The van der Waals surface area contributed by atoms with Crippen molar-refractivity contribution in [2.24, 2.45) is 0 Å². The van der Waals surface area contributed by atoms with E-state index >= 15 is 0 Å². The first-order chi connectivity index (χ1) is 9.28. The monoisotopic (exact) mass is 320 g/mol. The van der Waals surface area contributed by atoms with Crippen LogP contribution in [0.2, 0.25) is 5.02 Å². The summed E-state index contributed by atoms with van der Waals surface area (Å²) in [6.45, 7) is 0.184. The third-order valence-electron chi connectivity index (χ3n) is 2.75. The molecule has 0 spiro atoms. The molecule has 0 radical (unpaired) electrons. The Kier molecular flexibility index (Phi) is 5.79. The maximum atomic E-state index is 12.3. The lowest BCUT2D eigenvalue weighted by Gasteiger charge is -2.18. The molecule has 0 fully saturated rings. The van der Waals surface area contributed by atoms with Crippen molar-refractivity contribution in [1.82, 2.24) is 4.31 Å². The highest BCUT2D eigenvalue weighted by Crippen LogP contribution is 2.25. The number of ether oxygens (including phenoxy) is 1. The number of esters is 1. The van der Waals surface area contributed by atoms with Crippen molar-refractivity contribution in [3.63, 3.8) is 0 Å². The molecule has 0 aliphatic carbocycles. The first-order valence-electron chi connectivity index (χ1n) is 5.87. The number of rotatable bonds is 6. The number of hydrogen-bond acceptors (Lipinski definition) is 5. The van der Waals surface area contributed by atoms with Gasteiger partial charge in [-0.2, -0.15) is 0 Å². The number of methoxy groups -OCH3 is 1. The van der Waals surface area contributed by atoms with Gasteiger partial charge in [-0.1, -0.05) is 11.6 Å². The molecule has 0 saturated heterocycles. The molecule has 1 aromatic carbocycles. The van der Waals surface area contributed by atoms with Crippen LogP contribution in [0.25, 0.3) is 0 Å². The summed E-state index contributed by atoms with van der Waals surface area (Å²) in [4.78, 5) is 10.9. The van der Waals surface area contributed by atoms with Gasteiger partial charge in [-0.05, 0) is 24.6 Å². The number of hydrogen-bond donors (Lipinski definition) is 1. The molecular formula is C12H17ClN2O4S. The zero-order chi connectivity index (χ0) is 15.3. The number of halogens is 1. The number of carbonyl (C=O) groups is 1. The second kappa shape index (κ2) is 6.92. The average Bonchev–Trinajstić information content (AvgIpc) is 2.40. The van der Waals surface area contributed by atoms with Crippen molar-refractivity contribution in [1.29, 1.82) is 0 Å². The Labute approximate surface area is 123 Å². The number of sulfonamides is 1. The molecule has 0 unspecified atom stereocenters. The lowest BCUT2D eigenvalue weighted by Crippen LogP contribution is -2.29. The van der Waals surface area contributed by atoms with E-state index in [1.807, 2.05) is 0 Å². The van der Waals surface area contributed by atoms with Crippen molar-refractivity contribution < 1.29 is 17.9 Å². The van der Waals surface area contributed by atoms with Gasteiger partial charge in [0.25, 0.3) is 0 Å². The maximum Gasteiger partial charge on any atom is 0.305 e. The van der Waals surface area contributed by atoms with Crippen LogP contribution in [0.3, 0.4) is 0 Å². The second-order valence-electron chi connectivity index (χ2n) is 4.19. The molecule has 0 aliphatic rings. The summed E-state index contributed by atoms with van der Waals surface area (Å²) in [5.41, 5.74) is 5.81. The largest absolute Gasteiger partial charge is 0.469 e. The Hall–Kier alpha value is -1.31. The molecule has 1 rings (SSSR count). The van der Waals surface area contributed by atoms with Crippen LogP contribution < -0.4 is 5.73 Å². The zero-order valence-corrected chi connectivity index (χ0v) is 12.9. The summed E-state index contributed by atoms with van der Waals surface area (Å²) in [6.07, 6.45) is 0.518. The van der Waals surface area contributed by atoms with E-state index in [1.54, 1.807) is 0 Å². The van der Waals surface area contributed by atoms with E-state index in [2.05, 4.69) is 4.74 Å². The number of nitrogens with two attached hydrogens (primary N) is 1. The Morgan fingerprint density at radius 3 is 2.70 bits per heavy atom. The summed E-state index contributed by atoms with van der Waals surface area (Å²) >= 11 is 5.79. The summed E-state index contributed by atoms with van der Waals surface area (Å²) in [5.74, 6) is -0.377. The van der Waals surface area contributed by atoms with E-state index in [4.69, 9.17) is 17.3 Å². The van der Waals surface area contributed by atoms with E-state index in [0.29, 0.717) is 11.4 Å². The molecule has 2 N–H and O–H groups in total. The molecule has 8 heteroatoms. The van der Waals surface area contributed by atoms with Crippen LogP contribution in [0.4, 0.5) is 5.69 Å². The van der Waals surface area contributed by atoms with Crippen LogP contribution in [0, 0.1) is 0 Å². The fraction of sp³-hybridized carbons (Fsp3) is 0.417. The predicted molar refractivity (Wildman–Crippen MR) is 76.9 cm³/mol. The van der Waals surface area contributed by atoms with Gasteiger partial charge in [-0.15, -0.1) is 0 Å². The first-order valence-corrected chi connectivity index (χ1v) is 7.69. The molecule has 0 aliphatic heterocycles. The van der Waals surface area contributed by atoms with Gasteiger partial charge < -0.3 is 10.5 Å². The highest BCUT2D eigenvalue weighted by Gasteiger charge is 2.23. The topological polar surface area (TPSA) is 89.7 Å². The van der Waals surface area contributed by atoms with Crippen molar-refractivity contribution in [2.45, 2.75) is 17.7 Å². The first kappa shape index (κ1) is 16.7. The van der Waals surface area contributed by atoms with Crippen molar-refractivity contribution in [2.75, 3.05) is 26.4 Å². The molecule has 6 nitrogen and oxygen atoms in total. The van der Waals surface area contributed by atoms with Crippen LogP contribution in [0.1, 0.15) is 12.8 Å². The number of benzene rings is 1. The van der Waals surface area contributed by atoms with Crippen LogP contribution in [-0.2, 0) is 19.6 Å². The molecule has 20 heavy (non-hydrogen) atoms. The fourth-order valence-electron chi connectivity index (χ4n) is 1.57. The van der Waals surface area contributed by atoms with Crippen molar-refractivity contribution >= 4 is 33.3 Å². The highest BCUT2D eigenvalue weighted by molar-refractivity contribution is 7.89. The van der Waals surface area contributed by atoms with E-state index < -0.39 is 10.0 Å². The molecule has 112 valence electrons. The van der Waals surface area contributed by atoms with Gasteiger partial charge in [0.2, 0.25) is 10.0 Å². The van der Waals surface area contributed by atoms with Gasteiger partial charge in [-0.25, -0.2) is 12.7 Å². The predicted octanol–water partition coefficient (Wildman–Crippen LogP) is 1.50. The molecule has 0 heterocycles. The third kappa shape index (κ3) is 4.09. The van der Waals surface area contributed by atoms with Gasteiger partial charge in [0.05, 0.1) is 12.8 Å². The van der Waals surface area contributed by atoms with Crippen LogP contribution in [-0.4, -0.2) is 39.4 Å². The summed E-state index contributed by atoms with van der Waals surface area (Å²) in [5, 5.41) is 0.292. The van der Waals surface area contributed by atoms with E-state index in [0.717, 1.165) is 4.31 Å². The van der Waals surface area contributed by atoms with Crippen LogP contribution in [0.5, 0.6) is 0 Å². The van der Waals surface area contributed by atoms with Gasteiger partial charge in [0, 0.05) is 25.0 Å². The van der Waals surface area contributed by atoms with E-state index in [1.165, 1.54) is 32.4 Å². The number of nitrogens with zero attached hydrogens (tertiary/aromatic N) is 1. The Morgan fingerprint density at radius 2 is 2.10 bits per heavy atom. The number of nitrogen functional groups attached to an aromatic ring is 1. The number of anilines is 1. The van der Waals surface area contributed by atoms with Crippen LogP contribution >= 0.6 is 11.6 Å². The quantitative estimate of drug-likeness (QED) is 0.633. The second-order valence-corrected chi connectivity index (χ2v) is 6.64. The molecule has 0 atom stereocenters. The Balaban J connectivity index is 2.82. The lowest BCUT2D eigenvalue weighted by molar-refractivity contribution is -0.140. The van der Waals surface area contributed by atoms with Gasteiger partial charge in [0.15, 0.2) is 0 Å². The molecule has 0 amide bonds. The normalized spacial score (nSPS) is 11.6. The third-order valence-corrected chi connectivity index (χ3v) is 4.89. The van der Waals surface area contributed by atoms with Crippen molar-refractivity contribution in [3.05, 3.63) is 23.2 Å². The Morgan fingerprint density at radius 1 is 1.45 bits per heavy atom. The van der Waals surface area contributed by atoms with Gasteiger partial charge in [-0.3, -0.25) is 4.79 Å². The smallest absolute Gasteiger partial charge is 0.305 e. The number of carbonyl (C=O) groups excluding carboxylic acids is 1. The summed E-state index contributed by atoms with van der Waals surface area (Å²) in [6, 6.07) is 4.27. The van der Waals surface area contributed by atoms with E-state index in [9.17, 15) is 13.2 Å². The molecular weight excluding hydrogens is 304 g/mol. The molecule has 0 bridgehead atoms. The SMILES string of the molecule is COC(=O)CCCN(C)S(=O)(=O)c1cc(Cl)ccc1N. The van der Waals surface area contributed by atoms with Crippen LogP contribution in [0.15, 0.2) is 23.1 Å². The highest BCUT2D eigenvalue weighted by atomic mass is 35.5. The lowest BCUT2D eigenvalue weighted by atomic mass is 10.3. The zero-order valence-electron chi connectivity index (χ0n) is 11.3. The molecule has 0 aromatic heterocycles. The minimum atomic E-state index is -3.73. The summed E-state index contributed by atoms with van der Waals surface area (Å²) in [7, 11) is -1.01. The minimum absolute atomic E-state index is 0.0365. The van der Waals surface area contributed by atoms with Crippen molar-refractivity contribution in [3.8, 4) is 0 Å².